The fourth-order valence-corrected chi connectivity index (χ4v) is 0.765. The van der Waals surface area contributed by atoms with Crippen molar-refractivity contribution in [2.45, 2.75) is 27.2 Å². The zero-order chi connectivity index (χ0) is 10.2. The molecule has 0 rings (SSSR count). The average Bonchev–Trinajstić information content (AvgIpc) is 2.01. The van der Waals surface area contributed by atoms with Crippen LogP contribution in [0.15, 0.2) is 0 Å². The molecule has 0 atom stereocenters. The fourth-order valence-electron chi connectivity index (χ4n) is 0.765. The average molecular weight is 190 g/mol. The van der Waals surface area contributed by atoms with Crippen molar-refractivity contribution in [2.75, 3.05) is 33.0 Å². The Bertz CT molecular complexity index is 107. The van der Waals surface area contributed by atoms with Crippen LogP contribution in [0.4, 0.5) is 0 Å². The molecule has 0 aliphatic rings. The van der Waals surface area contributed by atoms with Crippen LogP contribution in [0.3, 0.4) is 0 Å². The maximum atomic E-state index is 8.41. The molecule has 0 saturated carbocycles. The smallest absolute Gasteiger partial charge is 0.0701 e. The number of hydrogen-bond acceptors (Lipinski definition) is 3. The van der Waals surface area contributed by atoms with Gasteiger partial charge in [-0.05, 0) is 11.8 Å². The van der Waals surface area contributed by atoms with Gasteiger partial charge in [-0.1, -0.05) is 20.8 Å². The van der Waals surface area contributed by atoms with E-state index in [4.69, 9.17) is 14.6 Å². The molecule has 3 nitrogen and oxygen atoms in total. The monoisotopic (exact) mass is 190 g/mol. The Labute approximate surface area is 81.0 Å². The molecule has 3 heteroatoms. The zero-order valence-corrected chi connectivity index (χ0v) is 9.01. The van der Waals surface area contributed by atoms with Gasteiger partial charge in [0.2, 0.25) is 0 Å². The second-order valence-corrected chi connectivity index (χ2v) is 4.26. The first-order valence-corrected chi connectivity index (χ1v) is 4.82. The summed E-state index contributed by atoms with van der Waals surface area (Å²) >= 11 is 0. The summed E-state index contributed by atoms with van der Waals surface area (Å²) in [5.41, 5.74) is 0.339. The minimum absolute atomic E-state index is 0.0853. The Hall–Kier alpha value is -0.120. The number of rotatable bonds is 7. The van der Waals surface area contributed by atoms with Gasteiger partial charge in [0.05, 0.1) is 26.4 Å². The number of hydrogen-bond donors (Lipinski definition) is 1. The lowest BCUT2D eigenvalue weighted by molar-refractivity contribution is 0.0265. The van der Waals surface area contributed by atoms with Crippen molar-refractivity contribution in [3.05, 3.63) is 0 Å². The first-order valence-electron chi connectivity index (χ1n) is 4.82. The van der Waals surface area contributed by atoms with Gasteiger partial charge in [0.15, 0.2) is 0 Å². The van der Waals surface area contributed by atoms with Crippen molar-refractivity contribution < 1.29 is 14.6 Å². The van der Waals surface area contributed by atoms with E-state index in [9.17, 15) is 0 Å². The van der Waals surface area contributed by atoms with Crippen molar-refractivity contribution in [1.82, 2.24) is 0 Å². The van der Waals surface area contributed by atoms with E-state index >= 15 is 0 Å². The first-order chi connectivity index (χ1) is 6.06. The van der Waals surface area contributed by atoms with E-state index in [0.29, 0.717) is 25.2 Å². The predicted octanol–water partition coefficient (Wildman–Crippen LogP) is 1.45. The highest BCUT2D eigenvalue weighted by Gasteiger charge is 2.08. The maximum Gasteiger partial charge on any atom is 0.0701 e. The van der Waals surface area contributed by atoms with Crippen LogP contribution in [0.5, 0.6) is 0 Å². The van der Waals surface area contributed by atoms with Crippen LogP contribution in [-0.4, -0.2) is 38.1 Å². The van der Waals surface area contributed by atoms with Crippen molar-refractivity contribution in [3.8, 4) is 0 Å². The van der Waals surface area contributed by atoms with Crippen molar-refractivity contribution >= 4 is 0 Å². The molecule has 1 N–H and O–H groups in total. The molecular formula is C10H22O3. The molecule has 0 radical (unpaired) electrons. The highest BCUT2D eigenvalue weighted by Crippen LogP contribution is 2.17. The predicted molar refractivity (Wildman–Crippen MR) is 52.8 cm³/mol. The van der Waals surface area contributed by atoms with E-state index < -0.39 is 0 Å². The largest absolute Gasteiger partial charge is 0.394 e. The normalized spacial score (nSPS) is 12.0. The Kier molecular flexibility index (Phi) is 7.23. The van der Waals surface area contributed by atoms with Gasteiger partial charge in [-0.3, -0.25) is 0 Å². The van der Waals surface area contributed by atoms with Gasteiger partial charge < -0.3 is 14.6 Å². The van der Waals surface area contributed by atoms with E-state index in [1.807, 2.05) is 0 Å². The van der Waals surface area contributed by atoms with Gasteiger partial charge in [-0.15, -0.1) is 0 Å². The Morgan fingerprint density at radius 2 is 1.46 bits per heavy atom. The minimum Gasteiger partial charge on any atom is -0.394 e. The summed E-state index contributed by atoms with van der Waals surface area (Å²) in [5.74, 6) is 0. The zero-order valence-electron chi connectivity index (χ0n) is 9.01. The number of aliphatic hydroxyl groups is 1. The van der Waals surface area contributed by atoms with Crippen molar-refractivity contribution in [2.24, 2.45) is 5.41 Å². The highest BCUT2D eigenvalue weighted by molar-refractivity contribution is 4.59. The lowest BCUT2D eigenvalue weighted by Crippen LogP contribution is -2.12. The van der Waals surface area contributed by atoms with Gasteiger partial charge in [0.25, 0.3) is 0 Å². The summed E-state index contributed by atoms with van der Waals surface area (Å²) in [6, 6.07) is 0. The molecule has 0 aromatic carbocycles. The van der Waals surface area contributed by atoms with Crippen LogP contribution in [0, 0.1) is 5.41 Å². The van der Waals surface area contributed by atoms with Crippen LogP contribution < -0.4 is 0 Å². The fraction of sp³-hybridized carbons (Fsp3) is 1.00. The SMILES string of the molecule is CC(C)(C)CCOCCOCCO. The number of aliphatic hydroxyl groups excluding tert-OH is 1. The summed E-state index contributed by atoms with van der Waals surface area (Å²) in [6.45, 7) is 9.05. The molecule has 0 unspecified atom stereocenters. The molecule has 0 heterocycles. The summed E-state index contributed by atoms with van der Waals surface area (Å²) < 4.78 is 10.4. The first kappa shape index (κ1) is 12.9. The molecule has 0 bridgehead atoms. The van der Waals surface area contributed by atoms with Crippen LogP contribution in [0.25, 0.3) is 0 Å². The Balaban J connectivity index is 3.00. The Morgan fingerprint density at radius 1 is 0.923 bits per heavy atom. The van der Waals surface area contributed by atoms with E-state index in [1.165, 1.54) is 0 Å². The van der Waals surface area contributed by atoms with Gasteiger partial charge in [-0.25, -0.2) is 0 Å². The van der Waals surface area contributed by atoms with Gasteiger partial charge in [-0.2, -0.15) is 0 Å². The molecule has 0 aliphatic heterocycles. The lowest BCUT2D eigenvalue weighted by atomic mass is 9.93. The molecule has 0 spiro atoms. The second-order valence-electron chi connectivity index (χ2n) is 4.26. The summed E-state index contributed by atoms with van der Waals surface area (Å²) in [6.07, 6.45) is 1.06. The third kappa shape index (κ3) is 11.9. The molecule has 0 aliphatic carbocycles. The maximum absolute atomic E-state index is 8.41. The molecule has 0 amide bonds. The molecule has 13 heavy (non-hydrogen) atoms. The summed E-state index contributed by atoms with van der Waals surface area (Å²) in [4.78, 5) is 0. The molecular weight excluding hydrogens is 168 g/mol. The van der Waals surface area contributed by atoms with Crippen LogP contribution in [-0.2, 0) is 9.47 Å². The second kappa shape index (κ2) is 7.30. The van der Waals surface area contributed by atoms with Crippen molar-refractivity contribution in [3.63, 3.8) is 0 Å². The van der Waals surface area contributed by atoms with E-state index in [2.05, 4.69) is 20.8 Å². The van der Waals surface area contributed by atoms with Crippen molar-refractivity contribution in [1.29, 1.82) is 0 Å². The lowest BCUT2D eigenvalue weighted by Gasteiger charge is -2.17. The van der Waals surface area contributed by atoms with Gasteiger partial charge in [0.1, 0.15) is 0 Å². The molecule has 0 aromatic rings. The summed E-state index contributed by atoms with van der Waals surface area (Å²) in [5, 5.41) is 8.41. The standard InChI is InChI=1S/C10H22O3/c1-10(2,3)4-6-12-8-9-13-7-5-11/h11H,4-9H2,1-3H3. The van der Waals surface area contributed by atoms with Crippen LogP contribution >= 0.6 is 0 Å². The number of ether oxygens (including phenoxy) is 2. The van der Waals surface area contributed by atoms with Gasteiger partial charge >= 0.3 is 0 Å². The highest BCUT2D eigenvalue weighted by atomic mass is 16.5. The quantitative estimate of drug-likeness (QED) is 0.617. The third-order valence-electron chi connectivity index (χ3n) is 1.60. The molecule has 80 valence electrons. The Morgan fingerprint density at radius 3 is 1.92 bits per heavy atom. The third-order valence-corrected chi connectivity index (χ3v) is 1.60. The molecule has 0 saturated heterocycles. The minimum atomic E-state index is 0.0853. The summed E-state index contributed by atoms with van der Waals surface area (Å²) in [7, 11) is 0. The molecule has 0 fully saturated rings. The molecule has 0 aromatic heterocycles. The van der Waals surface area contributed by atoms with E-state index in [1.54, 1.807) is 0 Å². The van der Waals surface area contributed by atoms with Crippen LogP contribution in [0.1, 0.15) is 27.2 Å². The van der Waals surface area contributed by atoms with E-state index in [-0.39, 0.29) is 6.61 Å². The van der Waals surface area contributed by atoms with Crippen LogP contribution in [0.2, 0.25) is 0 Å². The van der Waals surface area contributed by atoms with Gasteiger partial charge in [0, 0.05) is 6.61 Å². The topological polar surface area (TPSA) is 38.7 Å². The van der Waals surface area contributed by atoms with E-state index in [0.717, 1.165) is 13.0 Å².